The van der Waals surface area contributed by atoms with Crippen LogP contribution in [0.25, 0.3) is 0 Å². The van der Waals surface area contributed by atoms with E-state index in [4.69, 9.17) is 0 Å². The van der Waals surface area contributed by atoms with Crippen LogP contribution in [-0.2, 0) is 0 Å². The molecular formula is C27H47ClO. The Hall–Kier alpha value is -0.0100. The second kappa shape index (κ2) is 8.85. The summed E-state index contributed by atoms with van der Waals surface area (Å²) in [4.78, 5) is 0. The number of fused-ring (bicyclic) bond motifs is 5. The monoisotopic (exact) mass is 422 g/mol. The van der Waals surface area contributed by atoms with Crippen molar-refractivity contribution >= 4 is 12.4 Å². The van der Waals surface area contributed by atoms with Crippen LogP contribution < -0.4 is 0 Å². The van der Waals surface area contributed by atoms with Gasteiger partial charge in [-0.25, -0.2) is 0 Å². The molecule has 0 spiro atoms. The first kappa shape index (κ1) is 23.6. The van der Waals surface area contributed by atoms with Crippen molar-refractivity contribution in [1.82, 2.24) is 0 Å². The Morgan fingerprint density at radius 3 is 2.48 bits per heavy atom. The molecule has 0 amide bonds. The molecule has 3 saturated carbocycles. The molecule has 0 bridgehead atoms. The van der Waals surface area contributed by atoms with Crippen molar-refractivity contribution in [3.05, 3.63) is 11.6 Å². The second-order valence-corrected chi connectivity index (χ2v) is 12.2. The van der Waals surface area contributed by atoms with Gasteiger partial charge in [-0.15, -0.1) is 12.4 Å². The van der Waals surface area contributed by atoms with Gasteiger partial charge in [0.25, 0.3) is 0 Å². The standard InChI is InChI=1S/C27H46O.ClH/c1-18(2)7-6-8-19(3)23-11-12-24-22-10-9-20-17-21(28)13-15-26(20,4)25(22)14-16-27(23,24)5;/h9,18-19,21-25,28H,6-8,10-17H2,1-5H3;1H/t19-,21?,22+,23-,24+,25+,26+,27-;/m1./s1. The van der Waals surface area contributed by atoms with Crippen LogP contribution in [0.4, 0.5) is 0 Å². The number of hydrogen-bond acceptors (Lipinski definition) is 1. The fraction of sp³-hybridized carbons (Fsp3) is 0.926. The Labute approximate surface area is 186 Å². The molecule has 3 fully saturated rings. The number of hydrogen-bond donors (Lipinski definition) is 1. The summed E-state index contributed by atoms with van der Waals surface area (Å²) >= 11 is 0. The number of halogens is 1. The Morgan fingerprint density at radius 2 is 1.76 bits per heavy atom. The van der Waals surface area contributed by atoms with Gasteiger partial charge in [0, 0.05) is 0 Å². The van der Waals surface area contributed by atoms with E-state index >= 15 is 0 Å². The molecule has 0 aromatic rings. The molecule has 4 aliphatic rings. The molecule has 1 nitrogen and oxygen atoms in total. The minimum atomic E-state index is -0.0766. The molecule has 8 atom stereocenters. The highest BCUT2D eigenvalue weighted by Crippen LogP contribution is 2.67. The molecule has 1 N–H and O–H groups in total. The van der Waals surface area contributed by atoms with Gasteiger partial charge >= 0.3 is 0 Å². The Bertz CT molecular complexity index is 597. The Kier molecular flexibility index (Phi) is 7.22. The molecule has 4 rings (SSSR count). The summed E-state index contributed by atoms with van der Waals surface area (Å²) in [5.41, 5.74) is 2.60. The summed E-state index contributed by atoms with van der Waals surface area (Å²) in [6.07, 6.45) is 17.2. The summed E-state index contributed by atoms with van der Waals surface area (Å²) < 4.78 is 0. The lowest BCUT2D eigenvalue weighted by atomic mass is 9.47. The maximum Gasteiger partial charge on any atom is 0.0577 e. The first-order chi connectivity index (χ1) is 13.3. The third-order valence-corrected chi connectivity index (χ3v) is 10.3. The fourth-order valence-corrected chi connectivity index (χ4v) is 8.67. The zero-order valence-electron chi connectivity index (χ0n) is 19.8. The van der Waals surface area contributed by atoms with Crippen LogP contribution in [0.1, 0.15) is 105 Å². The number of aliphatic hydroxyl groups excluding tert-OH is 1. The summed E-state index contributed by atoms with van der Waals surface area (Å²) in [7, 11) is 0. The number of allylic oxidation sites excluding steroid dienone is 1. The first-order valence-corrected chi connectivity index (χ1v) is 12.6. The molecule has 0 radical (unpaired) electrons. The zero-order valence-corrected chi connectivity index (χ0v) is 20.6. The van der Waals surface area contributed by atoms with Crippen molar-refractivity contribution in [3.8, 4) is 0 Å². The van der Waals surface area contributed by atoms with E-state index in [0.717, 1.165) is 48.3 Å². The van der Waals surface area contributed by atoms with Crippen LogP contribution in [0.15, 0.2) is 11.6 Å². The smallest absolute Gasteiger partial charge is 0.0577 e. The van der Waals surface area contributed by atoms with Crippen LogP contribution in [0.3, 0.4) is 0 Å². The van der Waals surface area contributed by atoms with Crippen molar-refractivity contribution in [2.24, 2.45) is 46.3 Å². The summed E-state index contributed by atoms with van der Waals surface area (Å²) in [6, 6.07) is 0. The SMILES string of the molecule is CC(C)CCC[C@@H](C)[C@H]1CC[C@H]2[C@@H]3CC=C4CC(O)CC[C@]4(C)[C@H]3CC[C@]12C.Cl. The topological polar surface area (TPSA) is 20.2 Å². The van der Waals surface area contributed by atoms with Crippen molar-refractivity contribution in [2.45, 2.75) is 111 Å². The summed E-state index contributed by atoms with van der Waals surface area (Å²) in [6.45, 7) is 12.6. The van der Waals surface area contributed by atoms with Crippen LogP contribution in [0.2, 0.25) is 0 Å². The molecule has 0 saturated heterocycles. The van der Waals surface area contributed by atoms with Crippen LogP contribution in [0.5, 0.6) is 0 Å². The second-order valence-electron chi connectivity index (χ2n) is 12.2. The van der Waals surface area contributed by atoms with Gasteiger partial charge in [0.1, 0.15) is 0 Å². The Balaban J connectivity index is 0.00000240. The maximum absolute atomic E-state index is 10.2. The van der Waals surface area contributed by atoms with Crippen LogP contribution in [0, 0.1) is 46.3 Å². The molecule has 168 valence electrons. The van der Waals surface area contributed by atoms with Crippen LogP contribution in [-0.4, -0.2) is 11.2 Å². The lowest BCUT2D eigenvalue weighted by molar-refractivity contribution is -0.0573. The van der Waals surface area contributed by atoms with Crippen molar-refractivity contribution in [2.75, 3.05) is 0 Å². The summed E-state index contributed by atoms with van der Waals surface area (Å²) in [5.74, 6) is 5.46. The van der Waals surface area contributed by atoms with Gasteiger partial charge in [-0.1, -0.05) is 65.5 Å². The molecule has 2 heteroatoms. The lowest BCUT2D eigenvalue weighted by Gasteiger charge is -2.58. The highest BCUT2D eigenvalue weighted by molar-refractivity contribution is 5.85. The predicted molar refractivity (Wildman–Crippen MR) is 126 cm³/mol. The van der Waals surface area contributed by atoms with Gasteiger partial charge in [0.15, 0.2) is 0 Å². The zero-order chi connectivity index (χ0) is 20.1. The van der Waals surface area contributed by atoms with Gasteiger partial charge in [-0.3, -0.25) is 0 Å². The van der Waals surface area contributed by atoms with Crippen molar-refractivity contribution < 1.29 is 5.11 Å². The summed E-state index contributed by atoms with van der Waals surface area (Å²) in [5, 5.41) is 10.2. The minimum absolute atomic E-state index is 0. The van der Waals surface area contributed by atoms with Gasteiger partial charge in [-0.05, 0) is 97.7 Å². The van der Waals surface area contributed by atoms with Crippen LogP contribution >= 0.6 is 12.4 Å². The van der Waals surface area contributed by atoms with Gasteiger partial charge in [-0.2, -0.15) is 0 Å². The molecule has 0 aromatic heterocycles. The van der Waals surface area contributed by atoms with E-state index in [1.54, 1.807) is 5.57 Å². The number of rotatable bonds is 5. The normalized spacial score (nSPS) is 44.9. The first-order valence-electron chi connectivity index (χ1n) is 12.6. The van der Waals surface area contributed by atoms with E-state index in [0.29, 0.717) is 10.8 Å². The quantitative estimate of drug-likeness (QED) is 0.447. The van der Waals surface area contributed by atoms with Gasteiger partial charge in [0.05, 0.1) is 6.10 Å². The van der Waals surface area contributed by atoms with E-state index in [2.05, 4.69) is 40.7 Å². The molecule has 1 unspecified atom stereocenters. The molecule has 0 aliphatic heterocycles. The highest BCUT2D eigenvalue weighted by Gasteiger charge is 2.59. The van der Waals surface area contributed by atoms with E-state index in [-0.39, 0.29) is 18.5 Å². The molecular weight excluding hydrogens is 376 g/mol. The van der Waals surface area contributed by atoms with Crippen molar-refractivity contribution in [3.63, 3.8) is 0 Å². The fourth-order valence-electron chi connectivity index (χ4n) is 8.67. The predicted octanol–water partition coefficient (Wildman–Crippen LogP) is 7.81. The molecule has 0 aromatic carbocycles. The van der Waals surface area contributed by atoms with Crippen molar-refractivity contribution in [1.29, 1.82) is 0 Å². The third-order valence-electron chi connectivity index (χ3n) is 10.3. The van der Waals surface area contributed by atoms with E-state index < -0.39 is 0 Å². The molecule has 0 heterocycles. The molecule has 4 aliphatic carbocycles. The van der Waals surface area contributed by atoms with Gasteiger partial charge in [0.2, 0.25) is 0 Å². The maximum atomic E-state index is 10.2. The highest BCUT2D eigenvalue weighted by atomic mass is 35.5. The average Bonchev–Trinajstić information content (AvgIpc) is 2.99. The van der Waals surface area contributed by atoms with E-state index in [1.807, 2.05) is 0 Å². The number of aliphatic hydroxyl groups is 1. The minimum Gasteiger partial charge on any atom is -0.393 e. The average molecular weight is 423 g/mol. The van der Waals surface area contributed by atoms with E-state index in [9.17, 15) is 5.11 Å². The Morgan fingerprint density at radius 1 is 1.00 bits per heavy atom. The van der Waals surface area contributed by atoms with Gasteiger partial charge < -0.3 is 5.11 Å². The van der Waals surface area contributed by atoms with E-state index in [1.165, 1.54) is 57.8 Å². The lowest BCUT2D eigenvalue weighted by Crippen LogP contribution is -2.50. The largest absolute Gasteiger partial charge is 0.393 e. The third kappa shape index (κ3) is 4.09. The molecule has 29 heavy (non-hydrogen) atoms.